The van der Waals surface area contributed by atoms with Crippen LogP contribution in [0.1, 0.15) is 6.42 Å². The van der Waals surface area contributed by atoms with Crippen LogP contribution in [-0.2, 0) is 28.7 Å². The van der Waals surface area contributed by atoms with Crippen molar-refractivity contribution in [1.29, 1.82) is 0 Å². The molecule has 7 nitrogen and oxygen atoms in total. The molecule has 0 aromatic carbocycles. The van der Waals surface area contributed by atoms with Gasteiger partial charge >= 0.3 is 11.8 Å². The van der Waals surface area contributed by atoms with Gasteiger partial charge in [-0.25, -0.2) is 4.79 Å². The molecule has 0 spiro atoms. The summed E-state index contributed by atoms with van der Waals surface area (Å²) in [7, 11) is 1.50. The molecule has 1 unspecified atom stereocenters. The van der Waals surface area contributed by atoms with E-state index in [4.69, 9.17) is 0 Å². The molecule has 1 heterocycles. The molecule has 0 saturated carbocycles. The zero-order valence-electron chi connectivity index (χ0n) is 8.10. The van der Waals surface area contributed by atoms with Crippen LogP contribution in [0.3, 0.4) is 0 Å². The second-order valence-corrected chi connectivity index (χ2v) is 2.34. The van der Waals surface area contributed by atoms with E-state index >= 15 is 0 Å². The van der Waals surface area contributed by atoms with Gasteiger partial charge in [-0.15, -0.1) is 0 Å². The fourth-order valence-corrected chi connectivity index (χ4v) is 0.896. The number of carbonyl (C=O) groups excluding carboxylic acids is 4. The highest BCUT2D eigenvalue weighted by molar-refractivity contribution is 6.65. The third-order valence-corrected chi connectivity index (χ3v) is 1.52. The van der Waals surface area contributed by atoms with E-state index in [9.17, 15) is 19.2 Å². The van der Waals surface area contributed by atoms with Crippen molar-refractivity contribution in [3.63, 3.8) is 0 Å². The predicted molar refractivity (Wildman–Crippen MR) is 46.6 cm³/mol. The summed E-state index contributed by atoms with van der Waals surface area (Å²) in [6.07, 6.45) is -1.06. The molecule has 0 aromatic rings. The van der Waals surface area contributed by atoms with Crippen molar-refractivity contribution in [2.75, 3.05) is 13.7 Å². The molecular formula is C8H11NO6. The third kappa shape index (κ3) is 3.47. The van der Waals surface area contributed by atoms with Crippen LogP contribution in [0.2, 0.25) is 0 Å². The molecule has 1 atom stereocenters. The molecule has 1 aliphatic rings. The molecule has 7 heteroatoms. The highest BCUT2D eigenvalue weighted by atomic mass is 16.6. The molecule has 0 bridgehead atoms. The first kappa shape index (κ1) is 13.2. The van der Waals surface area contributed by atoms with Crippen molar-refractivity contribution < 1.29 is 28.7 Å². The minimum Gasteiger partial charge on any atom is -0.468 e. The number of ketones is 2. The first-order valence-corrected chi connectivity index (χ1v) is 4.09. The van der Waals surface area contributed by atoms with E-state index in [-0.39, 0.29) is 19.5 Å². The Labute approximate surface area is 85.5 Å². The summed E-state index contributed by atoms with van der Waals surface area (Å²) in [4.78, 5) is 41.7. The molecule has 0 aliphatic carbocycles. The monoisotopic (exact) mass is 217 g/mol. The van der Waals surface area contributed by atoms with Crippen molar-refractivity contribution >= 4 is 24.0 Å². The predicted octanol–water partition coefficient (Wildman–Crippen LogP) is -1.81. The van der Waals surface area contributed by atoms with E-state index in [2.05, 4.69) is 15.2 Å². The maximum absolute atomic E-state index is 10.9. The number of carbonyl (C=O) groups is 4. The van der Waals surface area contributed by atoms with Gasteiger partial charge in [-0.2, -0.15) is 0 Å². The van der Waals surface area contributed by atoms with Gasteiger partial charge in [-0.1, -0.05) is 0 Å². The number of rotatable bonds is 4. The fourth-order valence-electron chi connectivity index (χ4n) is 0.896. The summed E-state index contributed by atoms with van der Waals surface area (Å²) in [5.74, 6) is -3.16. The zero-order chi connectivity index (χ0) is 11.8. The summed E-state index contributed by atoms with van der Waals surface area (Å²) >= 11 is 0. The van der Waals surface area contributed by atoms with E-state index in [1.54, 1.807) is 0 Å². The molecule has 0 radical (unpaired) electrons. The lowest BCUT2D eigenvalue weighted by molar-refractivity contribution is -0.149. The Bertz CT molecular complexity index is 274. The SMILES string of the molecule is CN.O=COCCC1OC(=O)C(=O)C1=O. The summed E-state index contributed by atoms with van der Waals surface area (Å²) in [5, 5.41) is 0. The van der Waals surface area contributed by atoms with Crippen LogP contribution in [0.15, 0.2) is 0 Å². The second-order valence-electron chi connectivity index (χ2n) is 2.34. The molecule has 1 rings (SSSR count). The van der Waals surface area contributed by atoms with E-state index in [1.807, 2.05) is 0 Å². The molecule has 15 heavy (non-hydrogen) atoms. The van der Waals surface area contributed by atoms with Crippen LogP contribution in [-0.4, -0.2) is 43.8 Å². The van der Waals surface area contributed by atoms with Crippen LogP contribution < -0.4 is 5.73 Å². The molecule has 0 amide bonds. The molecule has 1 fully saturated rings. The normalized spacial score (nSPS) is 19.1. The average molecular weight is 217 g/mol. The van der Waals surface area contributed by atoms with E-state index in [0.29, 0.717) is 0 Å². The smallest absolute Gasteiger partial charge is 0.383 e. The summed E-state index contributed by atoms with van der Waals surface area (Å²) < 4.78 is 8.68. The largest absolute Gasteiger partial charge is 0.468 e. The van der Waals surface area contributed by atoms with Crippen LogP contribution in [0.5, 0.6) is 0 Å². The Morgan fingerprint density at radius 2 is 2.00 bits per heavy atom. The Kier molecular flexibility index (Phi) is 5.88. The zero-order valence-corrected chi connectivity index (χ0v) is 8.10. The summed E-state index contributed by atoms with van der Waals surface area (Å²) in [6.45, 7) is 0.156. The average Bonchev–Trinajstić information content (AvgIpc) is 2.50. The van der Waals surface area contributed by atoms with Crippen molar-refractivity contribution in [3.05, 3.63) is 0 Å². The highest BCUT2D eigenvalue weighted by Gasteiger charge is 2.41. The minimum absolute atomic E-state index is 0.0229. The number of ether oxygens (including phenoxy) is 2. The molecule has 0 aromatic heterocycles. The summed E-state index contributed by atoms with van der Waals surface area (Å²) in [6, 6.07) is 0. The quantitative estimate of drug-likeness (QED) is 0.255. The van der Waals surface area contributed by atoms with Gasteiger partial charge in [0.2, 0.25) is 0 Å². The van der Waals surface area contributed by atoms with E-state index in [0.717, 1.165) is 0 Å². The lowest BCUT2D eigenvalue weighted by atomic mass is 10.1. The van der Waals surface area contributed by atoms with Gasteiger partial charge < -0.3 is 15.2 Å². The number of cyclic esters (lactones) is 1. The van der Waals surface area contributed by atoms with Gasteiger partial charge in [0.05, 0.1) is 6.61 Å². The molecule has 2 N–H and O–H groups in total. The highest BCUT2D eigenvalue weighted by Crippen LogP contribution is 2.10. The first-order chi connectivity index (χ1) is 7.16. The van der Waals surface area contributed by atoms with Crippen LogP contribution in [0, 0.1) is 0 Å². The standard InChI is InChI=1S/C7H6O6.CH5N/c8-3-12-2-1-4-5(9)6(10)7(11)13-4;1-2/h3-4H,1-2H2;2H2,1H3. The van der Waals surface area contributed by atoms with Crippen molar-refractivity contribution in [2.45, 2.75) is 12.5 Å². The Morgan fingerprint density at radius 3 is 2.40 bits per heavy atom. The van der Waals surface area contributed by atoms with Gasteiger partial charge in [-0.3, -0.25) is 14.4 Å². The second kappa shape index (κ2) is 6.66. The Hall–Kier alpha value is -1.76. The number of esters is 1. The first-order valence-electron chi connectivity index (χ1n) is 4.09. The molecular weight excluding hydrogens is 206 g/mol. The van der Waals surface area contributed by atoms with E-state index in [1.165, 1.54) is 7.05 Å². The Balaban J connectivity index is 0.000000921. The molecule has 1 saturated heterocycles. The molecule has 84 valence electrons. The van der Waals surface area contributed by atoms with Crippen LogP contribution in [0.25, 0.3) is 0 Å². The van der Waals surface area contributed by atoms with Crippen LogP contribution in [0.4, 0.5) is 0 Å². The number of nitrogens with two attached hydrogens (primary N) is 1. The third-order valence-electron chi connectivity index (χ3n) is 1.52. The topological polar surface area (TPSA) is 113 Å². The minimum atomic E-state index is -1.14. The Morgan fingerprint density at radius 1 is 1.40 bits per heavy atom. The number of hydrogen-bond donors (Lipinski definition) is 1. The van der Waals surface area contributed by atoms with Crippen molar-refractivity contribution in [3.8, 4) is 0 Å². The van der Waals surface area contributed by atoms with Crippen molar-refractivity contribution in [1.82, 2.24) is 0 Å². The van der Waals surface area contributed by atoms with Gasteiger partial charge in [-0.05, 0) is 7.05 Å². The number of hydrogen-bond acceptors (Lipinski definition) is 7. The van der Waals surface area contributed by atoms with Gasteiger partial charge in [0.25, 0.3) is 12.3 Å². The van der Waals surface area contributed by atoms with Gasteiger partial charge in [0.1, 0.15) is 0 Å². The summed E-state index contributed by atoms with van der Waals surface area (Å²) in [5.41, 5.74) is 4.50. The van der Waals surface area contributed by atoms with E-state index < -0.39 is 23.6 Å². The van der Waals surface area contributed by atoms with Crippen molar-refractivity contribution in [2.24, 2.45) is 5.73 Å². The maximum Gasteiger partial charge on any atom is 0.383 e. The fraction of sp³-hybridized carbons (Fsp3) is 0.500. The van der Waals surface area contributed by atoms with Gasteiger partial charge in [0, 0.05) is 6.42 Å². The van der Waals surface area contributed by atoms with Gasteiger partial charge in [0.15, 0.2) is 6.10 Å². The number of Topliss-reactive ketones (excluding diaryl/α,β-unsaturated/α-hetero) is 2. The molecule has 1 aliphatic heterocycles. The maximum atomic E-state index is 10.9. The lowest BCUT2D eigenvalue weighted by Crippen LogP contribution is -2.21. The van der Waals surface area contributed by atoms with Crippen LogP contribution >= 0.6 is 0 Å². The lowest BCUT2D eigenvalue weighted by Gasteiger charge is -2.04.